The first kappa shape index (κ1) is 9.86. The van der Waals surface area contributed by atoms with Gasteiger partial charge in [-0.1, -0.05) is 0 Å². The zero-order chi connectivity index (χ0) is 9.68. The summed E-state index contributed by atoms with van der Waals surface area (Å²) in [6.07, 6.45) is 0.109. The van der Waals surface area contributed by atoms with E-state index in [0.29, 0.717) is 6.61 Å². The second-order valence-corrected chi connectivity index (χ2v) is 2.93. The Morgan fingerprint density at radius 3 is 2.46 bits per heavy atom. The average Bonchev–Trinajstić information content (AvgIpc) is 2.16. The van der Waals surface area contributed by atoms with Crippen molar-refractivity contribution in [2.24, 2.45) is 0 Å². The van der Waals surface area contributed by atoms with E-state index in [-0.39, 0.29) is 6.10 Å². The third-order valence-electron chi connectivity index (χ3n) is 1.77. The van der Waals surface area contributed by atoms with Gasteiger partial charge in [-0.3, -0.25) is 0 Å². The summed E-state index contributed by atoms with van der Waals surface area (Å²) >= 11 is 0. The lowest BCUT2D eigenvalue weighted by Crippen LogP contribution is -2.15. The first-order chi connectivity index (χ1) is 6.22. The first-order valence-electron chi connectivity index (χ1n) is 4.23. The molecule has 0 saturated heterocycles. The van der Waals surface area contributed by atoms with Crippen LogP contribution in [0.2, 0.25) is 0 Å². The summed E-state index contributed by atoms with van der Waals surface area (Å²) in [7, 11) is 1.66. The summed E-state index contributed by atoms with van der Waals surface area (Å²) in [6.45, 7) is 2.51. The second-order valence-electron chi connectivity index (χ2n) is 2.93. The van der Waals surface area contributed by atoms with E-state index in [4.69, 9.17) is 15.2 Å². The lowest BCUT2D eigenvalue weighted by atomic mass is 10.3. The highest BCUT2D eigenvalue weighted by Gasteiger charge is 1.99. The molecule has 13 heavy (non-hydrogen) atoms. The third-order valence-corrected chi connectivity index (χ3v) is 1.77. The van der Waals surface area contributed by atoms with Gasteiger partial charge in [0, 0.05) is 12.8 Å². The van der Waals surface area contributed by atoms with Gasteiger partial charge in [0.05, 0.1) is 6.10 Å². The van der Waals surface area contributed by atoms with Gasteiger partial charge in [0.2, 0.25) is 0 Å². The second kappa shape index (κ2) is 4.72. The maximum atomic E-state index is 5.53. The summed E-state index contributed by atoms with van der Waals surface area (Å²) in [6, 6.07) is 7.31. The van der Waals surface area contributed by atoms with Gasteiger partial charge < -0.3 is 15.2 Å². The molecular weight excluding hydrogens is 166 g/mol. The molecule has 1 rings (SSSR count). The van der Waals surface area contributed by atoms with Crippen molar-refractivity contribution in [2.45, 2.75) is 13.0 Å². The number of nitrogens with two attached hydrogens (primary N) is 1. The van der Waals surface area contributed by atoms with Crippen LogP contribution >= 0.6 is 0 Å². The molecule has 3 heteroatoms. The molecule has 0 fully saturated rings. The van der Waals surface area contributed by atoms with Crippen LogP contribution in [0.3, 0.4) is 0 Å². The molecule has 72 valence electrons. The fraction of sp³-hybridized carbons (Fsp3) is 0.400. The van der Waals surface area contributed by atoms with Crippen LogP contribution in [0.25, 0.3) is 0 Å². The Morgan fingerprint density at radius 1 is 1.31 bits per heavy atom. The average molecular weight is 181 g/mol. The van der Waals surface area contributed by atoms with E-state index >= 15 is 0 Å². The van der Waals surface area contributed by atoms with E-state index in [1.165, 1.54) is 0 Å². The van der Waals surface area contributed by atoms with E-state index in [0.717, 1.165) is 11.4 Å². The van der Waals surface area contributed by atoms with Crippen molar-refractivity contribution in [1.82, 2.24) is 0 Å². The summed E-state index contributed by atoms with van der Waals surface area (Å²) in [4.78, 5) is 0. The third kappa shape index (κ3) is 3.34. The van der Waals surface area contributed by atoms with Crippen molar-refractivity contribution in [3.63, 3.8) is 0 Å². The molecule has 1 atom stereocenters. The van der Waals surface area contributed by atoms with Crippen LogP contribution in [0.15, 0.2) is 24.3 Å². The molecule has 0 saturated carbocycles. The van der Waals surface area contributed by atoms with Crippen LogP contribution in [-0.2, 0) is 4.74 Å². The Labute approximate surface area is 78.5 Å². The molecule has 1 aromatic rings. The van der Waals surface area contributed by atoms with Gasteiger partial charge in [-0.2, -0.15) is 0 Å². The summed E-state index contributed by atoms with van der Waals surface area (Å²) < 4.78 is 10.5. The van der Waals surface area contributed by atoms with E-state index in [1.54, 1.807) is 7.11 Å². The van der Waals surface area contributed by atoms with Crippen LogP contribution in [0.4, 0.5) is 5.69 Å². The van der Waals surface area contributed by atoms with Gasteiger partial charge in [0.25, 0.3) is 0 Å². The number of anilines is 1. The molecule has 0 bridgehead atoms. The molecule has 0 aliphatic heterocycles. The Morgan fingerprint density at radius 2 is 1.92 bits per heavy atom. The fourth-order valence-corrected chi connectivity index (χ4v) is 0.846. The largest absolute Gasteiger partial charge is 0.491 e. The number of rotatable bonds is 4. The van der Waals surface area contributed by atoms with Gasteiger partial charge in [0.15, 0.2) is 0 Å². The Bertz CT molecular complexity index is 246. The highest BCUT2D eigenvalue weighted by atomic mass is 16.5. The molecule has 0 radical (unpaired) electrons. The van der Waals surface area contributed by atoms with Crippen molar-refractivity contribution in [3.8, 4) is 5.75 Å². The van der Waals surface area contributed by atoms with E-state index in [1.807, 2.05) is 31.2 Å². The normalized spacial score (nSPS) is 12.5. The van der Waals surface area contributed by atoms with Crippen LogP contribution in [-0.4, -0.2) is 19.8 Å². The van der Waals surface area contributed by atoms with E-state index in [2.05, 4.69) is 0 Å². The van der Waals surface area contributed by atoms with Crippen molar-refractivity contribution in [1.29, 1.82) is 0 Å². The molecule has 0 aromatic heterocycles. The molecule has 0 aliphatic carbocycles. The number of methoxy groups -OCH3 is 1. The van der Waals surface area contributed by atoms with Gasteiger partial charge in [-0.05, 0) is 31.2 Å². The SMILES string of the molecule is COC(C)COc1ccc(N)cc1. The highest BCUT2D eigenvalue weighted by molar-refractivity contribution is 5.41. The van der Waals surface area contributed by atoms with Crippen LogP contribution in [0, 0.1) is 0 Å². The number of nitrogen functional groups attached to an aromatic ring is 1. The quantitative estimate of drug-likeness (QED) is 0.719. The lowest BCUT2D eigenvalue weighted by Gasteiger charge is -2.11. The maximum absolute atomic E-state index is 5.53. The first-order valence-corrected chi connectivity index (χ1v) is 4.23. The molecular formula is C10H15NO2. The summed E-state index contributed by atoms with van der Waals surface area (Å²) in [5.74, 6) is 0.818. The molecule has 0 heterocycles. The molecule has 0 aliphatic rings. The number of ether oxygens (including phenoxy) is 2. The van der Waals surface area contributed by atoms with Crippen LogP contribution < -0.4 is 10.5 Å². The van der Waals surface area contributed by atoms with Gasteiger partial charge in [0.1, 0.15) is 12.4 Å². The smallest absolute Gasteiger partial charge is 0.119 e. The minimum Gasteiger partial charge on any atom is -0.491 e. The van der Waals surface area contributed by atoms with E-state index in [9.17, 15) is 0 Å². The number of hydrogen-bond acceptors (Lipinski definition) is 3. The molecule has 1 aromatic carbocycles. The molecule has 0 amide bonds. The van der Waals surface area contributed by atoms with Crippen molar-refractivity contribution in [3.05, 3.63) is 24.3 Å². The molecule has 3 nitrogen and oxygen atoms in total. The summed E-state index contributed by atoms with van der Waals surface area (Å²) in [5.41, 5.74) is 6.27. The zero-order valence-corrected chi connectivity index (χ0v) is 7.99. The minimum atomic E-state index is 0.109. The number of hydrogen-bond donors (Lipinski definition) is 1. The monoisotopic (exact) mass is 181 g/mol. The van der Waals surface area contributed by atoms with Gasteiger partial charge in [-0.15, -0.1) is 0 Å². The zero-order valence-electron chi connectivity index (χ0n) is 7.99. The Balaban J connectivity index is 2.41. The fourth-order valence-electron chi connectivity index (χ4n) is 0.846. The predicted octanol–water partition coefficient (Wildman–Crippen LogP) is 1.68. The highest BCUT2D eigenvalue weighted by Crippen LogP contribution is 2.13. The Hall–Kier alpha value is -1.22. The van der Waals surface area contributed by atoms with Crippen molar-refractivity contribution in [2.75, 3.05) is 19.5 Å². The standard InChI is InChI=1S/C10H15NO2/c1-8(12-2)7-13-10-5-3-9(11)4-6-10/h3-6,8H,7,11H2,1-2H3. The Kier molecular flexibility index (Phi) is 3.58. The number of benzene rings is 1. The van der Waals surface area contributed by atoms with Gasteiger partial charge >= 0.3 is 0 Å². The van der Waals surface area contributed by atoms with Crippen molar-refractivity contribution >= 4 is 5.69 Å². The topological polar surface area (TPSA) is 44.5 Å². The van der Waals surface area contributed by atoms with E-state index < -0.39 is 0 Å². The van der Waals surface area contributed by atoms with Crippen LogP contribution in [0.5, 0.6) is 5.75 Å². The maximum Gasteiger partial charge on any atom is 0.119 e. The van der Waals surface area contributed by atoms with Gasteiger partial charge in [-0.25, -0.2) is 0 Å². The molecule has 0 spiro atoms. The predicted molar refractivity (Wildman–Crippen MR) is 52.8 cm³/mol. The lowest BCUT2D eigenvalue weighted by molar-refractivity contribution is 0.0717. The summed E-state index contributed by atoms with van der Waals surface area (Å²) in [5, 5.41) is 0. The van der Waals surface area contributed by atoms with Crippen molar-refractivity contribution < 1.29 is 9.47 Å². The molecule has 1 unspecified atom stereocenters. The molecule has 2 N–H and O–H groups in total. The minimum absolute atomic E-state index is 0.109. The van der Waals surface area contributed by atoms with Crippen LogP contribution in [0.1, 0.15) is 6.92 Å².